The highest BCUT2D eigenvalue weighted by Gasteiger charge is 2.19. The molecule has 0 saturated carbocycles. The Labute approximate surface area is 160 Å². The molecule has 1 amide bonds. The van der Waals surface area contributed by atoms with Crippen LogP contribution in [0.25, 0.3) is 0 Å². The van der Waals surface area contributed by atoms with Gasteiger partial charge in [0.1, 0.15) is 5.82 Å². The van der Waals surface area contributed by atoms with E-state index in [1.807, 2.05) is 32.0 Å². The Kier molecular flexibility index (Phi) is 7.10. The van der Waals surface area contributed by atoms with Crippen LogP contribution in [-0.4, -0.2) is 27.4 Å². The number of benzene rings is 2. The number of aryl methyl sites for hydroxylation is 2. The number of halogens is 1. The van der Waals surface area contributed by atoms with Crippen molar-refractivity contribution in [1.29, 1.82) is 0 Å². The monoisotopic (exact) mass is 392 g/mol. The molecule has 5 nitrogen and oxygen atoms in total. The molecule has 0 bridgehead atoms. The van der Waals surface area contributed by atoms with E-state index in [0.717, 1.165) is 41.8 Å². The fourth-order valence-corrected chi connectivity index (χ4v) is 4.00. The molecule has 27 heavy (non-hydrogen) atoms. The van der Waals surface area contributed by atoms with Crippen LogP contribution in [-0.2, 0) is 27.7 Å². The van der Waals surface area contributed by atoms with Gasteiger partial charge in [0, 0.05) is 20.0 Å². The van der Waals surface area contributed by atoms with Crippen LogP contribution in [0.4, 0.5) is 10.1 Å². The highest BCUT2D eigenvalue weighted by molar-refractivity contribution is 7.89. The second kappa shape index (κ2) is 9.10. The van der Waals surface area contributed by atoms with Crippen LogP contribution >= 0.6 is 0 Å². The van der Waals surface area contributed by atoms with Crippen molar-refractivity contribution in [3.63, 3.8) is 0 Å². The van der Waals surface area contributed by atoms with Crippen LogP contribution < -0.4 is 9.62 Å². The highest BCUT2D eigenvalue weighted by atomic mass is 32.2. The predicted octanol–water partition coefficient (Wildman–Crippen LogP) is 3.28. The molecule has 0 aliphatic carbocycles. The number of amides is 1. The van der Waals surface area contributed by atoms with Crippen molar-refractivity contribution < 1.29 is 17.6 Å². The number of rotatable bonds is 8. The Balaban J connectivity index is 2.19. The van der Waals surface area contributed by atoms with Gasteiger partial charge >= 0.3 is 0 Å². The molecule has 0 fully saturated rings. The van der Waals surface area contributed by atoms with Crippen molar-refractivity contribution in [3.8, 4) is 0 Å². The van der Waals surface area contributed by atoms with Crippen LogP contribution in [0.15, 0.2) is 47.4 Å². The lowest BCUT2D eigenvalue weighted by Gasteiger charge is -2.26. The smallest absolute Gasteiger partial charge is 0.240 e. The molecule has 0 aliphatic heterocycles. The van der Waals surface area contributed by atoms with Gasteiger partial charge in [-0.15, -0.1) is 0 Å². The molecule has 0 atom stereocenters. The lowest BCUT2D eigenvalue weighted by atomic mass is 10.0. The summed E-state index contributed by atoms with van der Waals surface area (Å²) in [6.07, 6.45) is 1.54. The summed E-state index contributed by atoms with van der Waals surface area (Å²) < 4.78 is 40.2. The Morgan fingerprint density at radius 1 is 1.04 bits per heavy atom. The molecule has 0 saturated heterocycles. The van der Waals surface area contributed by atoms with Crippen LogP contribution in [0, 0.1) is 5.82 Å². The van der Waals surface area contributed by atoms with E-state index in [1.54, 1.807) is 4.90 Å². The normalized spacial score (nSPS) is 11.4. The van der Waals surface area contributed by atoms with Gasteiger partial charge in [0.05, 0.1) is 10.6 Å². The van der Waals surface area contributed by atoms with Crippen molar-refractivity contribution in [3.05, 3.63) is 59.4 Å². The summed E-state index contributed by atoms with van der Waals surface area (Å²) in [6.45, 7) is 5.78. The van der Waals surface area contributed by atoms with E-state index in [1.165, 1.54) is 19.1 Å². The second-order valence-electron chi connectivity index (χ2n) is 6.15. The summed E-state index contributed by atoms with van der Waals surface area (Å²) >= 11 is 0. The largest absolute Gasteiger partial charge is 0.311 e. The first-order valence-electron chi connectivity index (χ1n) is 8.94. The van der Waals surface area contributed by atoms with Crippen molar-refractivity contribution >= 4 is 21.6 Å². The van der Waals surface area contributed by atoms with Gasteiger partial charge in [-0.1, -0.05) is 32.0 Å². The lowest BCUT2D eigenvalue weighted by molar-refractivity contribution is -0.116. The number of sulfonamides is 1. The number of nitrogens with one attached hydrogen (secondary N) is 1. The van der Waals surface area contributed by atoms with Crippen molar-refractivity contribution in [2.24, 2.45) is 0 Å². The third-order valence-electron chi connectivity index (χ3n) is 4.37. The third-order valence-corrected chi connectivity index (χ3v) is 5.84. The molecule has 2 rings (SSSR count). The van der Waals surface area contributed by atoms with Gasteiger partial charge in [0.2, 0.25) is 15.9 Å². The Morgan fingerprint density at radius 2 is 1.59 bits per heavy atom. The summed E-state index contributed by atoms with van der Waals surface area (Å²) in [7, 11) is -3.77. The molecule has 1 N–H and O–H groups in total. The molecular formula is C20H25FN2O3S. The molecule has 0 aliphatic rings. The first kappa shape index (κ1) is 21.1. The van der Waals surface area contributed by atoms with Gasteiger partial charge in [-0.2, -0.15) is 0 Å². The molecule has 0 aromatic heterocycles. The zero-order valence-electron chi connectivity index (χ0n) is 15.8. The van der Waals surface area contributed by atoms with Gasteiger partial charge in [-0.3, -0.25) is 4.79 Å². The predicted molar refractivity (Wildman–Crippen MR) is 105 cm³/mol. The maximum absolute atomic E-state index is 13.0. The summed E-state index contributed by atoms with van der Waals surface area (Å²) in [5.74, 6) is -0.647. The summed E-state index contributed by atoms with van der Waals surface area (Å²) in [4.78, 5) is 13.9. The first-order valence-corrected chi connectivity index (χ1v) is 10.4. The van der Waals surface area contributed by atoms with E-state index in [0.29, 0.717) is 0 Å². The lowest BCUT2D eigenvalue weighted by Crippen LogP contribution is -2.38. The van der Waals surface area contributed by atoms with E-state index in [-0.39, 0.29) is 23.9 Å². The number of anilines is 1. The molecule has 146 valence electrons. The van der Waals surface area contributed by atoms with Crippen LogP contribution in [0.1, 0.15) is 31.9 Å². The zero-order chi connectivity index (χ0) is 20.0. The van der Waals surface area contributed by atoms with Crippen LogP contribution in [0.5, 0.6) is 0 Å². The van der Waals surface area contributed by atoms with E-state index in [4.69, 9.17) is 0 Å². The van der Waals surface area contributed by atoms with E-state index < -0.39 is 15.8 Å². The third kappa shape index (κ3) is 5.14. The minimum absolute atomic E-state index is 0.0125. The molecule has 0 unspecified atom stereocenters. The standard InChI is InChI=1S/C20H25FN2O3S/c1-4-16-7-6-8-17(5-2)20(16)23(15(3)24)14-13-22-27(25,26)19-11-9-18(21)10-12-19/h6-12,22H,4-5,13-14H2,1-3H3. The SMILES string of the molecule is CCc1cccc(CC)c1N(CCNS(=O)(=O)c1ccc(F)cc1)C(C)=O. The first-order chi connectivity index (χ1) is 12.8. The quantitative estimate of drug-likeness (QED) is 0.750. The Hall–Kier alpha value is -2.25. The number of hydrogen-bond donors (Lipinski definition) is 1. The number of hydrogen-bond acceptors (Lipinski definition) is 3. The zero-order valence-corrected chi connectivity index (χ0v) is 16.6. The molecule has 2 aromatic rings. The van der Waals surface area contributed by atoms with Gasteiger partial charge in [0.15, 0.2) is 0 Å². The fraction of sp³-hybridized carbons (Fsp3) is 0.350. The van der Waals surface area contributed by atoms with Gasteiger partial charge in [0.25, 0.3) is 0 Å². The van der Waals surface area contributed by atoms with Gasteiger partial charge < -0.3 is 4.90 Å². The van der Waals surface area contributed by atoms with Crippen LogP contribution in [0.2, 0.25) is 0 Å². The maximum atomic E-state index is 13.0. The topological polar surface area (TPSA) is 66.5 Å². The van der Waals surface area contributed by atoms with Crippen molar-refractivity contribution in [2.45, 2.75) is 38.5 Å². The average Bonchev–Trinajstić information content (AvgIpc) is 2.64. The summed E-state index contributed by atoms with van der Waals surface area (Å²) in [5, 5.41) is 0. The van der Waals surface area contributed by atoms with E-state index in [2.05, 4.69) is 4.72 Å². The number of nitrogens with zero attached hydrogens (tertiary/aromatic N) is 1. The average molecular weight is 392 g/mol. The highest BCUT2D eigenvalue weighted by Crippen LogP contribution is 2.27. The maximum Gasteiger partial charge on any atom is 0.240 e. The van der Waals surface area contributed by atoms with E-state index >= 15 is 0 Å². The molecular weight excluding hydrogens is 367 g/mol. The molecule has 0 radical (unpaired) electrons. The summed E-state index contributed by atoms with van der Waals surface area (Å²) in [5.41, 5.74) is 2.95. The minimum Gasteiger partial charge on any atom is -0.311 e. The van der Waals surface area contributed by atoms with Gasteiger partial charge in [-0.05, 0) is 48.2 Å². The second-order valence-corrected chi connectivity index (χ2v) is 7.92. The van der Waals surface area contributed by atoms with E-state index in [9.17, 15) is 17.6 Å². The number of carbonyl (C=O) groups is 1. The fourth-order valence-electron chi connectivity index (χ4n) is 2.98. The Bertz CT molecular complexity index is 874. The number of carbonyl (C=O) groups excluding carboxylic acids is 1. The summed E-state index contributed by atoms with van der Waals surface area (Å²) in [6, 6.07) is 10.5. The van der Waals surface area contributed by atoms with Crippen LogP contribution in [0.3, 0.4) is 0 Å². The minimum atomic E-state index is -3.77. The van der Waals surface area contributed by atoms with Crippen molar-refractivity contribution in [1.82, 2.24) is 4.72 Å². The Morgan fingerprint density at radius 3 is 2.07 bits per heavy atom. The molecule has 2 aromatic carbocycles. The molecule has 0 spiro atoms. The van der Waals surface area contributed by atoms with Crippen molar-refractivity contribution in [2.75, 3.05) is 18.0 Å². The number of para-hydroxylation sites is 1. The molecule has 0 heterocycles. The van der Waals surface area contributed by atoms with Gasteiger partial charge in [-0.25, -0.2) is 17.5 Å². The molecule has 7 heteroatoms.